The van der Waals surface area contributed by atoms with Gasteiger partial charge in [-0.25, -0.2) is 0 Å². The third kappa shape index (κ3) is 1.76. The van der Waals surface area contributed by atoms with Gasteiger partial charge in [-0.3, -0.25) is 5.41 Å². The van der Waals surface area contributed by atoms with Crippen LogP contribution in [-0.2, 0) is 0 Å². The third-order valence-corrected chi connectivity index (χ3v) is 2.13. The van der Waals surface area contributed by atoms with Crippen LogP contribution in [0.15, 0.2) is 23.3 Å². The molecule has 0 saturated carbocycles. The Bertz CT molecular complexity index is 247. The number of nitrogens with zero attached hydrogens (tertiary/aromatic N) is 1. The minimum absolute atomic E-state index is 0.614. The van der Waals surface area contributed by atoms with Crippen LogP contribution >= 0.6 is 0 Å². The molecule has 2 heteroatoms. The zero-order chi connectivity index (χ0) is 9.14. The smallest absolute Gasteiger partial charge is 0.127 e. The van der Waals surface area contributed by atoms with E-state index in [1.54, 1.807) is 0 Å². The molecule has 1 aliphatic carbocycles. The first-order valence-corrected chi connectivity index (χ1v) is 4.25. The minimum atomic E-state index is 0.614. The lowest BCUT2D eigenvalue weighted by molar-refractivity contribution is 0.617. The highest BCUT2D eigenvalue weighted by molar-refractivity contribution is 5.99. The lowest BCUT2D eigenvalue weighted by Gasteiger charge is -2.19. The molecule has 0 radical (unpaired) electrons. The number of nitrogens with one attached hydrogen (secondary N) is 1. The second kappa shape index (κ2) is 3.57. The summed E-state index contributed by atoms with van der Waals surface area (Å²) in [7, 11) is 3.82. The molecule has 0 aromatic heterocycles. The monoisotopic (exact) mass is 164 g/mol. The number of hydrogen-bond donors (Lipinski definition) is 1. The highest BCUT2D eigenvalue weighted by atomic mass is 15.1. The fraction of sp³-hybridized carbons (Fsp3) is 0.500. The van der Waals surface area contributed by atoms with Crippen LogP contribution in [0.25, 0.3) is 0 Å². The molecule has 1 aliphatic rings. The average Bonchev–Trinajstić information content (AvgIpc) is 2.04. The first-order chi connectivity index (χ1) is 5.63. The topological polar surface area (TPSA) is 27.1 Å². The molecular formula is C10H16N2. The molecule has 0 aliphatic heterocycles. The molecule has 0 aromatic rings. The Hall–Kier alpha value is -1.05. The molecule has 66 valence electrons. The maximum atomic E-state index is 7.79. The summed E-state index contributed by atoms with van der Waals surface area (Å²) < 4.78 is 0. The van der Waals surface area contributed by atoms with Gasteiger partial charge < -0.3 is 4.90 Å². The van der Waals surface area contributed by atoms with Crippen LogP contribution in [-0.4, -0.2) is 24.8 Å². The highest BCUT2D eigenvalue weighted by Crippen LogP contribution is 2.19. The maximum Gasteiger partial charge on any atom is 0.127 e. The van der Waals surface area contributed by atoms with Gasteiger partial charge in [0.15, 0.2) is 0 Å². The molecule has 0 bridgehead atoms. The molecule has 0 saturated heterocycles. The summed E-state index contributed by atoms with van der Waals surface area (Å²) in [4.78, 5) is 1.84. The Labute approximate surface area is 74.1 Å². The predicted molar refractivity (Wildman–Crippen MR) is 52.5 cm³/mol. The molecule has 0 heterocycles. The molecule has 12 heavy (non-hydrogen) atoms. The van der Waals surface area contributed by atoms with Gasteiger partial charge in [0.1, 0.15) is 5.84 Å². The van der Waals surface area contributed by atoms with Crippen molar-refractivity contribution in [3.8, 4) is 0 Å². The fourth-order valence-electron chi connectivity index (χ4n) is 1.30. The Morgan fingerprint density at radius 1 is 1.50 bits per heavy atom. The highest BCUT2D eigenvalue weighted by Gasteiger charge is 2.10. The molecule has 1 rings (SSSR count). The van der Waals surface area contributed by atoms with Crippen molar-refractivity contribution >= 4 is 5.84 Å². The third-order valence-electron chi connectivity index (χ3n) is 2.13. The van der Waals surface area contributed by atoms with Crippen LogP contribution in [0.5, 0.6) is 0 Å². The van der Waals surface area contributed by atoms with E-state index < -0.39 is 0 Å². The SMILES string of the molecule is CC1=C(C(=N)N(C)C)C=CCC1. The van der Waals surface area contributed by atoms with Crippen molar-refractivity contribution in [3.05, 3.63) is 23.3 Å². The van der Waals surface area contributed by atoms with Crippen molar-refractivity contribution in [2.45, 2.75) is 19.8 Å². The van der Waals surface area contributed by atoms with Crippen molar-refractivity contribution in [1.29, 1.82) is 5.41 Å². The van der Waals surface area contributed by atoms with E-state index in [1.807, 2.05) is 19.0 Å². The van der Waals surface area contributed by atoms with E-state index in [9.17, 15) is 0 Å². The van der Waals surface area contributed by atoms with Crippen LogP contribution < -0.4 is 0 Å². The number of hydrogen-bond acceptors (Lipinski definition) is 1. The fourth-order valence-corrected chi connectivity index (χ4v) is 1.30. The molecule has 1 N–H and O–H groups in total. The lowest BCUT2D eigenvalue weighted by atomic mass is 9.98. The standard InChI is InChI=1S/C10H16N2/c1-8-6-4-5-7-9(8)10(11)12(2)3/h5,7,11H,4,6H2,1-3H3. The van der Waals surface area contributed by atoms with Crippen LogP contribution in [0.1, 0.15) is 19.8 Å². The van der Waals surface area contributed by atoms with Gasteiger partial charge in [-0.05, 0) is 19.8 Å². The number of amidine groups is 1. The van der Waals surface area contributed by atoms with Crippen LogP contribution in [0.3, 0.4) is 0 Å². The lowest BCUT2D eigenvalue weighted by Crippen LogP contribution is -2.23. The van der Waals surface area contributed by atoms with Gasteiger partial charge in [0.2, 0.25) is 0 Å². The first kappa shape index (κ1) is 9.04. The first-order valence-electron chi connectivity index (χ1n) is 4.25. The largest absolute Gasteiger partial charge is 0.363 e. The van der Waals surface area contributed by atoms with Gasteiger partial charge >= 0.3 is 0 Å². The molecule has 0 aromatic carbocycles. The predicted octanol–water partition coefficient (Wildman–Crippen LogP) is 2.19. The van der Waals surface area contributed by atoms with Gasteiger partial charge in [0.05, 0.1) is 0 Å². The van der Waals surface area contributed by atoms with Crippen molar-refractivity contribution in [2.24, 2.45) is 0 Å². The molecule has 0 atom stereocenters. The summed E-state index contributed by atoms with van der Waals surface area (Å²) in [5, 5.41) is 7.79. The van der Waals surface area contributed by atoms with Crippen molar-refractivity contribution in [3.63, 3.8) is 0 Å². The Morgan fingerprint density at radius 3 is 2.67 bits per heavy atom. The quantitative estimate of drug-likeness (QED) is 0.467. The molecule has 2 nitrogen and oxygen atoms in total. The second-order valence-corrected chi connectivity index (χ2v) is 3.38. The van der Waals surface area contributed by atoms with Crippen LogP contribution in [0.2, 0.25) is 0 Å². The Morgan fingerprint density at radius 2 is 2.17 bits per heavy atom. The summed E-state index contributed by atoms with van der Waals surface area (Å²) in [5.41, 5.74) is 2.42. The molecule has 0 fully saturated rings. The van der Waals surface area contributed by atoms with Crippen molar-refractivity contribution in [2.75, 3.05) is 14.1 Å². The normalized spacial score (nSPS) is 16.6. The van der Waals surface area contributed by atoms with E-state index in [1.165, 1.54) is 5.57 Å². The van der Waals surface area contributed by atoms with Gasteiger partial charge in [-0.2, -0.15) is 0 Å². The van der Waals surface area contributed by atoms with Crippen LogP contribution in [0, 0.1) is 5.41 Å². The second-order valence-electron chi connectivity index (χ2n) is 3.38. The zero-order valence-corrected chi connectivity index (χ0v) is 8.02. The Kier molecular flexibility index (Phi) is 2.69. The molecule has 0 unspecified atom stereocenters. The summed E-state index contributed by atoms with van der Waals surface area (Å²) in [6.45, 7) is 2.11. The van der Waals surface area contributed by atoms with Gasteiger partial charge in [-0.15, -0.1) is 0 Å². The number of allylic oxidation sites excluding steroid dienone is 2. The van der Waals surface area contributed by atoms with E-state index in [0.717, 1.165) is 18.4 Å². The van der Waals surface area contributed by atoms with E-state index >= 15 is 0 Å². The molecule has 0 amide bonds. The van der Waals surface area contributed by atoms with Gasteiger partial charge in [-0.1, -0.05) is 17.7 Å². The number of likely N-dealkylation sites (N-methyl/N-ethyl adjacent to an activating group) is 1. The van der Waals surface area contributed by atoms with Gasteiger partial charge in [0, 0.05) is 19.7 Å². The zero-order valence-electron chi connectivity index (χ0n) is 8.02. The number of rotatable bonds is 1. The molecular weight excluding hydrogens is 148 g/mol. The Balaban J connectivity index is 2.86. The van der Waals surface area contributed by atoms with Crippen molar-refractivity contribution in [1.82, 2.24) is 4.90 Å². The summed E-state index contributed by atoms with van der Waals surface area (Å²) in [6, 6.07) is 0. The summed E-state index contributed by atoms with van der Waals surface area (Å²) in [5.74, 6) is 0.614. The maximum absolute atomic E-state index is 7.79. The van der Waals surface area contributed by atoms with E-state index in [4.69, 9.17) is 5.41 Å². The minimum Gasteiger partial charge on any atom is -0.363 e. The van der Waals surface area contributed by atoms with Crippen molar-refractivity contribution < 1.29 is 0 Å². The molecule has 0 spiro atoms. The van der Waals surface area contributed by atoms with E-state index in [2.05, 4.69) is 19.1 Å². The van der Waals surface area contributed by atoms with E-state index in [-0.39, 0.29) is 0 Å². The van der Waals surface area contributed by atoms with E-state index in [0.29, 0.717) is 5.84 Å². The summed E-state index contributed by atoms with van der Waals surface area (Å²) >= 11 is 0. The van der Waals surface area contributed by atoms with Gasteiger partial charge in [0.25, 0.3) is 0 Å². The summed E-state index contributed by atoms with van der Waals surface area (Å²) in [6.07, 6.45) is 6.42. The van der Waals surface area contributed by atoms with Crippen LogP contribution in [0.4, 0.5) is 0 Å². The average molecular weight is 164 g/mol.